The van der Waals surface area contributed by atoms with Crippen molar-refractivity contribution in [2.75, 3.05) is 0 Å². The highest BCUT2D eigenvalue weighted by molar-refractivity contribution is 5.63. The van der Waals surface area contributed by atoms with Crippen molar-refractivity contribution in [2.24, 2.45) is 0 Å². The van der Waals surface area contributed by atoms with E-state index in [4.69, 9.17) is 0 Å². The summed E-state index contributed by atoms with van der Waals surface area (Å²) in [6.07, 6.45) is -3.08. The van der Waals surface area contributed by atoms with Crippen LogP contribution in [0.25, 0.3) is 22.8 Å². The molecule has 0 saturated heterocycles. The lowest BCUT2D eigenvalue weighted by molar-refractivity contribution is -0.274. The summed E-state index contributed by atoms with van der Waals surface area (Å²) in [5, 5.41) is 4.64. The van der Waals surface area contributed by atoms with Gasteiger partial charge in [-0.1, -0.05) is 29.8 Å². The Hall–Kier alpha value is -3.55. The van der Waals surface area contributed by atoms with Crippen molar-refractivity contribution in [3.05, 3.63) is 77.6 Å². The van der Waals surface area contributed by atoms with Gasteiger partial charge in [-0.25, -0.2) is 4.98 Å². The number of aromatic amines is 1. The Morgan fingerprint density at radius 3 is 2.37 bits per heavy atom. The monoisotopic (exact) mass is 412 g/mol. The number of H-pyrrole nitrogens is 1. The quantitative estimate of drug-likeness (QED) is 0.471. The molecular formula is C22H19F3N4O. The first-order chi connectivity index (χ1) is 14.3. The van der Waals surface area contributed by atoms with Gasteiger partial charge in [0.05, 0.1) is 18.4 Å². The predicted octanol–water partition coefficient (Wildman–Crippen LogP) is 5.50. The average Bonchev–Trinajstić information content (AvgIpc) is 3.30. The first-order valence-electron chi connectivity index (χ1n) is 9.28. The van der Waals surface area contributed by atoms with Gasteiger partial charge in [0, 0.05) is 5.69 Å². The van der Waals surface area contributed by atoms with E-state index in [2.05, 4.69) is 44.1 Å². The van der Waals surface area contributed by atoms with Gasteiger partial charge in [0.15, 0.2) is 5.82 Å². The Balaban J connectivity index is 1.52. The lowest BCUT2D eigenvalue weighted by atomic mass is 10.1. The highest BCUT2D eigenvalue weighted by Crippen LogP contribution is 2.27. The van der Waals surface area contributed by atoms with Crippen molar-refractivity contribution >= 4 is 0 Å². The van der Waals surface area contributed by atoms with E-state index in [-0.39, 0.29) is 5.75 Å². The summed E-state index contributed by atoms with van der Waals surface area (Å²) in [7, 11) is 0. The standard InChI is InChI=1S/C22H19F3N4O/c1-14-3-5-16(6-4-14)13-29-15(2)11-19(28-29)21-26-12-20(27-21)17-7-9-18(10-8-17)30-22(23,24)25/h3-12H,13H2,1-2H3,(H,26,27). The zero-order valence-electron chi connectivity index (χ0n) is 16.4. The normalized spacial score (nSPS) is 11.6. The first kappa shape index (κ1) is 19.8. The number of nitrogens with zero attached hydrogens (tertiary/aromatic N) is 3. The van der Waals surface area contributed by atoms with Crippen LogP contribution in [0.15, 0.2) is 60.8 Å². The van der Waals surface area contributed by atoms with Crippen molar-refractivity contribution in [1.29, 1.82) is 0 Å². The maximum absolute atomic E-state index is 12.3. The van der Waals surface area contributed by atoms with Gasteiger partial charge in [0.2, 0.25) is 0 Å². The molecule has 4 rings (SSSR count). The number of benzene rings is 2. The molecule has 0 bridgehead atoms. The molecule has 2 aromatic heterocycles. The van der Waals surface area contributed by atoms with Gasteiger partial charge in [0.25, 0.3) is 0 Å². The van der Waals surface area contributed by atoms with Crippen LogP contribution in [0, 0.1) is 13.8 Å². The Kier molecular flexibility index (Phi) is 5.07. The summed E-state index contributed by atoms with van der Waals surface area (Å²) in [5.74, 6) is 0.322. The van der Waals surface area contributed by atoms with E-state index in [1.54, 1.807) is 18.3 Å². The molecule has 30 heavy (non-hydrogen) atoms. The molecular weight excluding hydrogens is 393 g/mol. The van der Waals surface area contributed by atoms with Gasteiger partial charge in [-0.3, -0.25) is 4.68 Å². The van der Waals surface area contributed by atoms with Gasteiger partial charge in [-0.15, -0.1) is 13.2 Å². The fourth-order valence-corrected chi connectivity index (χ4v) is 3.09. The average molecular weight is 412 g/mol. The lowest BCUT2D eigenvalue weighted by Gasteiger charge is -2.08. The second kappa shape index (κ2) is 7.70. The smallest absolute Gasteiger partial charge is 0.406 e. The first-order valence-corrected chi connectivity index (χ1v) is 9.28. The van der Waals surface area contributed by atoms with Gasteiger partial charge < -0.3 is 9.72 Å². The number of alkyl halides is 3. The summed E-state index contributed by atoms with van der Waals surface area (Å²) < 4.78 is 42.7. The third-order valence-electron chi connectivity index (χ3n) is 4.65. The van der Waals surface area contributed by atoms with Crippen LogP contribution in [0.5, 0.6) is 5.75 Å². The second-order valence-electron chi connectivity index (χ2n) is 7.03. The molecule has 0 unspecified atom stereocenters. The van der Waals surface area contributed by atoms with E-state index in [0.717, 1.165) is 11.3 Å². The van der Waals surface area contributed by atoms with E-state index in [1.165, 1.54) is 17.7 Å². The number of rotatable bonds is 5. The largest absolute Gasteiger partial charge is 0.573 e. The fourth-order valence-electron chi connectivity index (χ4n) is 3.09. The van der Waals surface area contributed by atoms with E-state index >= 15 is 0 Å². The molecule has 2 heterocycles. The molecule has 0 aliphatic heterocycles. The number of nitrogens with one attached hydrogen (secondary N) is 1. The molecule has 0 saturated carbocycles. The summed E-state index contributed by atoms with van der Waals surface area (Å²) in [5.41, 5.74) is 5.42. The molecule has 2 aromatic carbocycles. The molecule has 0 amide bonds. The molecule has 0 fully saturated rings. The number of hydrogen-bond donors (Lipinski definition) is 1. The Bertz CT molecular complexity index is 1140. The number of ether oxygens (including phenoxy) is 1. The molecule has 1 N–H and O–H groups in total. The van der Waals surface area contributed by atoms with E-state index in [0.29, 0.717) is 29.3 Å². The minimum absolute atomic E-state index is 0.267. The number of halogens is 3. The minimum Gasteiger partial charge on any atom is -0.406 e. The van der Waals surface area contributed by atoms with Crippen LogP contribution < -0.4 is 4.74 Å². The molecule has 0 aliphatic rings. The molecule has 0 radical (unpaired) electrons. The number of hydrogen-bond acceptors (Lipinski definition) is 3. The van der Waals surface area contributed by atoms with Gasteiger partial charge in [-0.05, 0) is 55.3 Å². The van der Waals surface area contributed by atoms with Crippen molar-refractivity contribution in [2.45, 2.75) is 26.8 Å². The summed E-state index contributed by atoms with van der Waals surface area (Å²) in [6.45, 7) is 4.68. The Labute approximate surface area is 171 Å². The zero-order valence-corrected chi connectivity index (χ0v) is 16.4. The van der Waals surface area contributed by atoms with Crippen LogP contribution >= 0.6 is 0 Å². The van der Waals surface area contributed by atoms with Crippen LogP contribution in [0.1, 0.15) is 16.8 Å². The maximum Gasteiger partial charge on any atom is 0.573 e. The van der Waals surface area contributed by atoms with Gasteiger partial charge in [-0.2, -0.15) is 5.10 Å². The SMILES string of the molecule is Cc1ccc(Cn2nc(-c3ncc(-c4ccc(OC(F)(F)F)cc4)[nH]3)cc2C)cc1. The third-order valence-corrected chi connectivity index (χ3v) is 4.65. The molecule has 4 aromatic rings. The summed E-state index contributed by atoms with van der Waals surface area (Å²) >= 11 is 0. The van der Waals surface area contributed by atoms with Crippen molar-refractivity contribution in [1.82, 2.24) is 19.7 Å². The second-order valence-corrected chi connectivity index (χ2v) is 7.03. The Morgan fingerprint density at radius 2 is 1.70 bits per heavy atom. The maximum atomic E-state index is 12.3. The van der Waals surface area contributed by atoms with Gasteiger partial charge >= 0.3 is 6.36 Å². The van der Waals surface area contributed by atoms with Crippen molar-refractivity contribution < 1.29 is 17.9 Å². The summed E-state index contributed by atoms with van der Waals surface area (Å²) in [4.78, 5) is 7.55. The van der Waals surface area contributed by atoms with Crippen LogP contribution in [0.3, 0.4) is 0 Å². The van der Waals surface area contributed by atoms with Crippen LogP contribution in [0.4, 0.5) is 13.2 Å². The van der Waals surface area contributed by atoms with Crippen molar-refractivity contribution in [3.63, 3.8) is 0 Å². The van der Waals surface area contributed by atoms with E-state index in [1.807, 2.05) is 24.6 Å². The molecule has 5 nitrogen and oxygen atoms in total. The Morgan fingerprint density at radius 1 is 1.00 bits per heavy atom. The van der Waals surface area contributed by atoms with Crippen molar-refractivity contribution in [3.8, 4) is 28.5 Å². The molecule has 0 aliphatic carbocycles. The third kappa shape index (κ3) is 4.53. The van der Waals surface area contributed by atoms with E-state index in [9.17, 15) is 13.2 Å². The highest BCUT2D eigenvalue weighted by atomic mass is 19.4. The lowest BCUT2D eigenvalue weighted by Crippen LogP contribution is -2.16. The molecule has 0 atom stereocenters. The zero-order chi connectivity index (χ0) is 21.3. The van der Waals surface area contributed by atoms with Crippen LogP contribution in [-0.4, -0.2) is 26.1 Å². The summed E-state index contributed by atoms with van der Waals surface area (Å²) in [6, 6.07) is 15.8. The topological polar surface area (TPSA) is 55.7 Å². The molecule has 0 spiro atoms. The van der Waals surface area contributed by atoms with E-state index < -0.39 is 6.36 Å². The minimum atomic E-state index is -4.71. The van der Waals surface area contributed by atoms with Gasteiger partial charge in [0.1, 0.15) is 11.4 Å². The number of aryl methyl sites for hydroxylation is 2. The molecule has 8 heteroatoms. The van der Waals surface area contributed by atoms with Crippen LogP contribution in [-0.2, 0) is 6.54 Å². The van der Waals surface area contributed by atoms with Crippen LogP contribution in [0.2, 0.25) is 0 Å². The fraction of sp³-hybridized carbons (Fsp3) is 0.182. The highest BCUT2D eigenvalue weighted by Gasteiger charge is 2.31. The number of imidazole rings is 1. The predicted molar refractivity (Wildman–Crippen MR) is 107 cm³/mol. The molecule has 154 valence electrons. The number of aromatic nitrogens is 4.